The maximum Gasteiger partial charge on any atom is 0.328 e. The standard InChI is InChI=1S/C14H11IN2O6/c1-6(18)23-11-9(15)4-7(5-10(11)22-2)3-8-12(19)16-14(21)17-13(8)20/h3-5H,1-2H3,(H2,16,17,19,20,21). The summed E-state index contributed by atoms with van der Waals surface area (Å²) < 4.78 is 10.8. The normalized spacial score (nSPS) is 14.0. The van der Waals surface area contributed by atoms with Gasteiger partial charge in [-0.05, 0) is 46.4 Å². The van der Waals surface area contributed by atoms with Gasteiger partial charge in [0.05, 0.1) is 10.7 Å². The van der Waals surface area contributed by atoms with Gasteiger partial charge in [-0.3, -0.25) is 25.0 Å². The van der Waals surface area contributed by atoms with E-state index in [1.807, 2.05) is 33.2 Å². The lowest BCUT2D eigenvalue weighted by atomic mass is 10.1. The van der Waals surface area contributed by atoms with Gasteiger partial charge in [0.1, 0.15) is 5.57 Å². The quantitative estimate of drug-likeness (QED) is 0.243. The number of carbonyl (C=O) groups excluding carboxylic acids is 4. The zero-order valence-electron chi connectivity index (χ0n) is 12.1. The zero-order chi connectivity index (χ0) is 17.1. The smallest absolute Gasteiger partial charge is 0.328 e. The van der Waals surface area contributed by atoms with E-state index in [4.69, 9.17) is 9.47 Å². The third-order valence-electron chi connectivity index (χ3n) is 2.75. The Bertz CT molecular complexity index is 734. The molecule has 120 valence electrons. The third kappa shape index (κ3) is 3.86. The van der Waals surface area contributed by atoms with E-state index in [1.54, 1.807) is 6.07 Å². The van der Waals surface area contributed by atoms with Crippen molar-refractivity contribution in [1.82, 2.24) is 10.6 Å². The summed E-state index contributed by atoms with van der Waals surface area (Å²) in [5, 5.41) is 3.96. The Labute approximate surface area is 144 Å². The van der Waals surface area contributed by atoms with Crippen LogP contribution in [0.2, 0.25) is 0 Å². The van der Waals surface area contributed by atoms with Crippen LogP contribution in [0.5, 0.6) is 11.5 Å². The number of hydrogen-bond donors (Lipinski definition) is 2. The van der Waals surface area contributed by atoms with E-state index < -0.39 is 23.8 Å². The van der Waals surface area contributed by atoms with Crippen LogP contribution in [-0.2, 0) is 14.4 Å². The van der Waals surface area contributed by atoms with Crippen molar-refractivity contribution >= 4 is 52.5 Å². The molecule has 4 amide bonds. The number of carbonyl (C=O) groups is 4. The Balaban J connectivity index is 2.44. The average molecular weight is 430 g/mol. The second-order valence-electron chi connectivity index (χ2n) is 4.42. The van der Waals surface area contributed by atoms with Crippen molar-refractivity contribution < 1.29 is 28.7 Å². The molecule has 9 heteroatoms. The number of esters is 1. The second kappa shape index (κ2) is 6.77. The van der Waals surface area contributed by atoms with Gasteiger partial charge in [-0.2, -0.15) is 0 Å². The summed E-state index contributed by atoms with van der Waals surface area (Å²) >= 11 is 1.93. The van der Waals surface area contributed by atoms with Crippen LogP contribution in [0.3, 0.4) is 0 Å². The number of ether oxygens (including phenoxy) is 2. The molecule has 0 unspecified atom stereocenters. The molecule has 0 atom stereocenters. The molecule has 23 heavy (non-hydrogen) atoms. The highest BCUT2D eigenvalue weighted by molar-refractivity contribution is 14.1. The summed E-state index contributed by atoms with van der Waals surface area (Å²) in [7, 11) is 1.40. The van der Waals surface area contributed by atoms with Gasteiger partial charge in [0.2, 0.25) is 0 Å². The fraction of sp³-hybridized carbons (Fsp3) is 0.143. The van der Waals surface area contributed by atoms with E-state index in [9.17, 15) is 19.2 Å². The van der Waals surface area contributed by atoms with Crippen LogP contribution >= 0.6 is 22.6 Å². The van der Waals surface area contributed by atoms with Gasteiger partial charge >= 0.3 is 12.0 Å². The number of imide groups is 2. The average Bonchev–Trinajstić information content (AvgIpc) is 2.44. The second-order valence-corrected chi connectivity index (χ2v) is 5.59. The summed E-state index contributed by atoms with van der Waals surface area (Å²) in [5.41, 5.74) is 0.250. The molecule has 2 N–H and O–H groups in total. The largest absolute Gasteiger partial charge is 0.493 e. The number of barbiturate groups is 1. The highest BCUT2D eigenvalue weighted by Crippen LogP contribution is 2.34. The lowest BCUT2D eigenvalue weighted by molar-refractivity contribution is -0.132. The van der Waals surface area contributed by atoms with Gasteiger partial charge in [-0.15, -0.1) is 0 Å². The highest BCUT2D eigenvalue weighted by Gasteiger charge is 2.27. The first-order valence-electron chi connectivity index (χ1n) is 6.26. The maximum absolute atomic E-state index is 11.7. The van der Waals surface area contributed by atoms with Crippen molar-refractivity contribution in [3.8, 4) is 11.5 Å². The van der Waals surface area contributed by atoms with Crippen molar-refractivity contribution in [3.05, 3.63) is 26.8 Å². The van der Waals surface area contributed by atoms with Crippen molar-refractivity contribution in [2.75, 3.05) is 7.11 Å². The van der Waals surface area contributed by atoms with Crippen molar-refractivity contribution in [2.45, 2.75) is 6.92 Å². The van der Waals surface area contributed by atoms with Crippen LogP contribution in [0, 0.1) is 3.57 Å². The SMILES string of the molecule is COc1cc(C=C2C(=O)NC(=O)NC2=O)cc(I)c1OC(C)=O. The summed E-state index contributed by atoms with van der Waals surface area (Å²) in [6.45, 7) is 1.26. The molecule has 0 aromatic heterocycles. The molecular weight excluding hydrogens is 419 g/mol. The van der Waals surface area contributed by atoms with Crippen LogP contribution in [0.15, 0.2) is 17.7 Å². The third-order valence-corrected chi connectivity index (χ3v) is 3.55. The Morgan fingerprint density at radius 3 is 2.30 bits per heavy atom. The molecule has 2 rings (SSSR count). The molecule has 1 aliphatic heterocycles. The van der Waals surface area contributed by atoms with Crippen LogP contribution < -0.4 is 20.1 Å². The van der Waals surface area contributed by atoms with E-state index in [-0.39, 0.29) is 17.1 Å². The van der Waals surface area contributed by atoms with E-state index >= 15 is 0 Å². The minimum absolute atomic E-state index is 0.220. The molecule has 1 heterocycles. The van der Waals surface area contributed by atoms with Gasteiger partial charge in [-0.1, -0.05) is 0 Å². The summed E-state index contributed by atoms with van der Waals surface area (Å²) in [5.74, 6) is -1.58. The maximum atomic E-state index is 11.7. The fourth-order valence-corrected chi connectivity index (χ4v) is 2.57. The number of amides is 4. The Hall–Kier alpha value is -2.43. The van der Waals surface area contributed by atoms with E-state index in [2.05, 4.69) is 0 Å². The van der Waals surface area contributed by atoms with Gasteiger partial charge in [-0.25, -0.2) is 4.79 Å². The molecule has 1 saturated heterocycles. The highest BCUT2D eigenvalue weighted by atomic mass is 127. The molecule has 1 aliphatic rings. The van der Waals surface area contributed by atoms with E-state index in [0.717, 1.165) is 0 Å². The molecule has 8 nitrogen and oxygen atoms in total. The summed E-state index contributed by atoms with van der Waals surface area (Å²) in [6.07, 6.45) is 1.30. The Kier molecular flexibility index (Phi) is 4.98. The van der Waals surface area contributed by atoms with Crippen molar-refractivity contribution in [2.24, 2.45) is 0 Å². The van der Waals surface area contributed by atoms with Crippen LogP contribution in [0.25, 0.3) is 6.08 Å². The lowest BCUT2D eigenvalue weighted by Gasteiger charge is -2.15. The number of rotatable bonds is 3. The van der Waals surface area contributed by atoms with Gasteiger partial charge in [0.15, 0.2) is 11.5 Å². The van der Waals surface area contributed by atoms with Gasteiger partial charge < -0.3 is 9.47 Å². The molecule has 1 aromatic rings. The molecule has 0 radical (unpaired) electrons. The number of urea groups is 1. The first-order valence-corrected chi connectivity index (χ1v) is 7.34. The number of benzene rings is 1. The van der Waals surface area contributed by atoms with Crippen molar-refractivity contribution in [3.63, 3.8) is 0 Å². The molecule has 0 bridgehead atoms. The monoisotopic (exact) mass is 430 g/mol. The number of halogens is 1. The molecule has 1 aromatic carbocycles. The minimum Gasteiger partial charge on any atom is -0.493 e. The molecule has 0 spiro atoms. The summed E-state index contributed by atoms with van der Waals surface area (Å²) in [4.78, 5) is 45.6. The predicted molar refractivity (Wildman–Crippen MR) is 86.7 cm³/mol. The van der Waals surface area contributed by atoms with Crippen molar-refractivity contribution in [1.29, 1.82) is 0 Å². The minimum atomic E-state index is -0.866. The van der Waals surface area contributed by atoms with Crippen LogP contribution in [-0.4, -0.2) is 30.9 Å². The summed E-state index contributed by atoms with van der Waals surface area (Å²) in [6, 6.07) is 2.24. The van der Waals surface area contributed by atoms with Crippen LogP contribution in [0.1, 0.15) is 12.5 Å². The Morgan fingerprint density at radius 2 is 1.78 bits per heavy atom. The lowest BCUT2D eigenvalue weighted by Crippen LogP contribution is -2.51. The number of hydrogen-bond acceptors (Lipinski definition) is 6. The molecular formula is C14H11IN2O6. The Morgan fingerprint density at radius 1 is 1.17 bits per heavy atom. The number of nitrogens with one attached hydrogen (secondary N) is 2. The number of methoxy groups -OCH3 is 1. The fourth-order valence-electron chi connectivity index (χ4n) is 1.84. The van der Waals surface area contributed by atoms with E-state index in [0.29, 0.717) is 9.13 Å². The van der Waals surface area contributed by atoms with Crippen LogP contribution in [0.4, 0.5) is 4.79 Å². The molecule has 0 saturated carbocycles. The van der Waals surface area contributed by atoms with E-state index in [1.165, 1.54) is 26.2 Å². The first kappa shape index (κ1) is 16.9. The predicted octanol–water partition coefficient (Wildman–Crippen LogP) is 0.975. The first-order chi connectivity index (χ1) is 10.8. The van der Waals surface area contributed by atoms with Gasteiger partial charge in [0, 0.05) is 6.92 Å². The zero-order valence-corrected chi connectivity index (χ0v) is 14.2. The molecule has 1 fully saturated rings. The van der Waals surface area contributed by atoms with Gasteiger partial charge in [0.25, 0.3) is 11.8 Å². The topological polar surface area (TPSA) is 111 Å². The molecule has 0 aliphatic carbocycles.